The zero-order valence-electron chi connectivity index (χ0n) is 24.9. The molecule has 1 aliphatic carbocycles. The van der Waals surface area contributed by atoms with Crippen molar-refractivity contribution in [1.82, 2.24) is 4.57 Å². The van der Waals surface area contributed by atoms with Crippen molar-refractivity contribution >= 4 is 32.6 Å². The van der Waals surface area contributed by atoms with Crippen molar-refractivity contribution in [2.24, 2.45) is 0 Å². The van der Waals surface area contributed by atoms with Gasteiger partial charge in [0.2, 0.25) is 0 Å². The quantitative estimate of drug-likeness (QED) is 0.202. The smallest absolute Gasteiger partial charge is 0.0547 e. The summed E-state index contributed by atoms with van der Waals surface area (Å²) in [6.45, 7) is 4.72. The molecule has 0 amide bonds. The standard InChI is InChI=1S/C43H31N/c1-43(2)38-19-11-9-18-35(38)42-36-27-37-34-17-10-12-20-40(34)44(41(37)26-30(36)21-22-39(42)43)33-24-31(28-13-5-3-6-14-28)23-32(25-33)29-15-7-4-8-16-29/h3-27H,1-2H3. The third-order valence-electron chi connectivity index (χ3n) is 9.75. The molecule has 0 fully saturated rings. The van der Waals surface area contributed by atoms with E-state index < -0.39 is 0 Å². The van der Waals surface area contributed by atoms with Gasteiger partial charge >= 0.3 is 0 Å². The Morgan fingerprint density at radius 1 is 0.432 bits per heavy atom. The summed E-state index contributed by atoms with van der Waals surface area (Å²) >= 11 is 0. The molecule has 0 bridgehead atoms. The summed E-state index contributed by atoms with van der Waals surface area (Å²) in [5, 5.41) is 5.17. The van der Waals surface area contributed by atoms with Crippen LogP contribution in [0.4, 0.5) is 0 Å². The Balaban J connectivity index is 1.37. The Morgan fingerprint density at radius 2 is 1.07 bits per heavy atom. The highest BCUT2D eigenvalue weighted by molar-refractivity contribution is 6.16. The van der Waals surface area contributed by atoms with Crippen LogP contribution < -0.4 is 0 Å². The number of rotatable bonds is 3. The fraction of sp³-hybridized carbons (Fsp3) is 0.0698. The van der Waals surface area contributed by atoms with Gasteiger partial charge in [-0.15, -0.1) is 0 Å². The van der Waals surface area contributed by atoms with Gasteiger partial charge in [0.25, 0.3) is 0 Å². The molecule has 1 heterocycles. The molecule has 8 aromatic rings. The number of hydrogen-bond donors (Lipinski definition) is 0. The molecule has 1 aliphatic rings. The highest BCUT2D eigenvalue weighted by Gasteiger charge is 2.36. The lowest BCUT2D eigenvalue weighted by Crippen LogP contribution is -2.14. The lowest BCUT2D eigenvalue weighted by Gasteiger charge is -2.21. The first-order chi connectivity index (χ1) is 21.6. The number of aromatic nitrogens is 1. The zero-order valence-corrected chi connectivity index (χ0v) is 24.9. The van der Waals surface area contributed by atoms with E-state index in [1.165, 1.54) is 82.8 Å². The lowest BCUT2D eigenvalue weighted by atomic mass is 9.82. The Kier molecular flexibility index (Phi) is 5.31. The summed E-state index contributed by atoms with van der Waals surface area (Å²) in [7, 11) is 0. The summed E-state index contributed by atoms with van der Waals surface area (Å²) in [5.74, 6) is 0. The maximum atomic E-state index is 2.47. The second-order valence-corrected chi connectivity index (χ2v) is 12.6. The third-order valence-corrected chi connectivity index (χ3v) is 9.75. The van der Waals surface area contributed by atoms with Crippen molar-refractivity contribution in [1.29, 1.82) is 0 Å². The van der Waals surface area contributed by atoms with Crippen LogP contribution in [-0.4, -0.2) is 4.57 Å². The molecule has 0 aliphatic heterocycles. The van der Waals surface area contributed by atoms with E-state index in [0.717, 1.165) is 0 Å². The van der Waals surface area contributed by atoms with Crippen LogP contribution in [0.5, 0.6) is 0 Å². The van der Waals surface area contributed by atoms with Crippen molar-refractivity contribution in [3.63, 3.8) is 0 Å². The van der Waals surface area contributed by atoms with Gasteiger partial charge in [-0.2, -0.15) is 0 Å². The maximum absolute atomic E-state index is 2.47. The van der Waals surface area contributed by atoms with Crippen LogP contribution in [0.25, 0.3) is 71.6 Å². The highest BCUT2D eigenvalue weighted by atomic mass is 15.0. The van der Waals surface area contributed by atoms with Gasteiger partial charge in [-0.3, -0.25) is 0 Å². The molecule has 9 rings (SSSR count). The van der Waals surface area contributed by atoms with Crippen molar-refractivity contribution in [3.05, 3.63) is 163 Å². The molecule has 7 aromatic carbocycles. The van der Waals surface area contributed by atoms with Crippen LogP contribution in [0.3, 0.4) is 0 Å². The predicted molar refractivity (Wildman–Crippen MR) is 187 cm³/mol. The second kappa shape index (κ2) is 9.30. The summed E-state index contributed by atoms with van der Waals surface area (Å²) in [6, 6.07) is 55.9. The summed E-state index contributed by atoms with van der Waals surface area (Å²) in [5.41, 5.74) is 14.0. The van der Waals surface area contributed by atoms with E-state index >= 15 is 0 Å². The monoisotopic (exact) mass is 561 g/mol. The third kappa shape index (κ3) is 3.59. The molecular weight excluding hydrogens is 530 g/mol. The first-order valence-corrected chi connectivity index (χ1v) is 15.4. The molecule has 0 spiro atoms. The van der Waals surface area contributed by atoms with Crippen molar-refractivity contribution in [3.8, 4) is 39.1 Å². The predicted octanol–water partition coefficient (Wildman–Crippen LogP) is 11.6. The summed E-state index contributed by atoms with van der Waals surface area (Å²) in [4.78, 5) is 0. The zero-order chi connectivity index (χ0) is 29.4. The molecule has 0 N–H and O–H groups in total. The average Bonchev–Trinajstić information content (AvgIpc) is 3.52. The fourth-order valence-corrected chi connectivity index (χ4v) is 7.60. The van der Waals surface area contributed by atoms with E-state index in [1.54, 1.807) is 0 Å². The number of fused-ring (bicyclic) bond motifs is 8. The molecule has 0 unspecified atom stereocenters. The van der Waals surface area contributed by atoms with Gasteiger partial charge in [0, 0.05) is 21.9 Å². The number of para-hydroxylation sites is 1. The van der Waals surface area contributed by atoms with Gasteiger partial charge in [-0.05, 0) is 91.7 Å². The van der Waals surface area contributed by atoms with Crippen molar-refractivity contribution in [2.45, 2.75) is 19.3 Å². The van der Waals surface area contributed by atoms with E-state index in [-0.39, 0.29) is 5.41 Å². The molecule has 208 valence electrons. The van der Waals surface area contributed by atoms with E-state index in [4.69, 9.17) is 0 Å². The van der Waals surface area contributed by atoms with E-state index in [1.807, 2.05) is 0 Å². The number of nitrogens with zero attached hydrogens (tertiary/aromatic N) is 1. The van der Waals surface area contributed by atoms with Crippen LogP contribution in [0.2, 0.25) is 0 Å². The molecule has 0 saturated carbocycles. The maximum Gasteiger partial charge on any atom is 0.0547 e. The SMILES string of the molecule is CC1(C)c2ccccc2-c2c1ccc1cc3c(cc21)c1ccccc1n3-c1cc(-c2ccccc2)cc(-c2ccccc2)c1. The molecule has 0 radical (unpaired) electrons. The van der Waals surface area contributed by atoms with E-state index in [9.17, 15) is 0 Å². The minimum absolute atomic E-state index is 0.0191. The molecule has 1 aromatic heterocycles. The Labute approximate surface area is 257 Å². The largest absolute Gasteiger partial charge is 0.309 e. The summed E-state index contributed by atoms with van der Waals surface area (Å²) < 4.78 is 2.47. The Hall–Kier alpha value is -5.40. The van der Waals surface area contributed by atoms with Gasteiger partial charge in [0.15, 0.2) is 0 Å². The molecule has 1 nitrogen and oxygen atoms in total. The van der Waals surface area contributed by atoms with Crippen molar-refractivity contribution < 1.29 is 0 Å². The van der Waals surface area contributed by atoms with E-state index in [2.05, 4.69) is 170 Å². The molecule has 0 atom stereocenters. The normalized spacial score (nSPS) is 13.4. The molecule has 1 heteroatoms. The van der Waals surface area contributed by atoms with Crippen molar-refractivity contribution in [2.75, 3.05) is 0 Å². The van der Waals surface area contributed by atoms with Gasteiger partial charge in [0.1, 0.15) is 0 Å². The van der Waals surface area contributed by atoms with Crippen LogP contribution in [0.1, 0.15) is 25.0 Å². The molecule has 44 heavy (non-hydrogen) atoms. The average molecular weight is 562 g/mol. The highest BCUT2D eigenvalue weighted by Crippen LogP contribution is 2.52. The van der Waals surface area contributed by atoms with E-state index in [0.29, 0.717) is 0 Å². The molecule has 0 saturated heterocycles. The van der Waals surface area contributed by atoms with Crippen LogP contribution in [-0.2, 0) is 5.41 Å². The summed E-state index contributed by atoms with van der Waals surface area (Å²) in [6.07, 6.45) is 0. The first kappa shape index (κ1) is 25.1. The number of benzene rings is 7. The minimum atomic E-state index is -0.0191. The minimum Gasteiger partial charge on any atom is -0.309 e. The van der Waals surface area contributed by atoms with Gasteiger partial charge < -0.3 is 4.57 Å². The van der Waals surface area contributed by atoms with Gasteiger partial charge in [0.05, 0.1) is 11.0 Å². The van der Waals surface area contributed by atoms with Crippen LogP contribution >= 0.6 is 0 Å². The number of hydrogen-bond acceptors (Lipinski definition) is 0. The van der Waals surface area contributed by atoms with Crippen LogP contribution in [0, 0.1) is 0 Å². The Bertz CT molecular complexity index is 2330. The van der Waals surface area contributed by atoms with Gasteiger partial charge in [-0.1, -0.05) is 129 Å². The van der Waals surface area contributed by atoms with Gasteiger partial charge in [-0.25, -0.2) is 0 Å². The van der Waals surface area contributed by atoms with Crippen LogP contribution in [0.15, 0.2) is 152 Å². The Morgan fingerprint density at radius 3 is 1.80 bits per heavy atom. The lowest BCUT2D eigenvalue weighted by molar-refractivity contribution is 0.661. The fourth-order valence-electron chi connectivity index (χ4n) is 7.60. The second-order valence-electron chi connectivity index (χ2n) is 12.6. The topological polar surface area (TPSA) is 4.93 Å². The molecular formula is C43H31N. The first-order valence-electron chi connectivity index (χ1n) is 15.4.